The second-order valence-corrected chi connectivity index (χ2v) is 2.37. The number of nitrogens with zero attached hydrogens (tertiary/aromatic N) is 1. The number of amidine groups is 1. The topological polar surface area (TPSA) is 113 Å². The minimum atomic E-state index is -0.734. The summed E-state index contributed by atoms with van der Waals surface area (Å²) in [6.07, 6.45) is 0. The molecular formula is C7H8ClN3O3. The molecule has 0 aliphatic carbocycles. The van der Waals surface area contributed by atoms with E-state index in [-0.39, 0.29) is 23.8 Å². The molecule has 0 saturated carbocycles. The first-order chi connectivity index (χ1) is 6.02. The Hall–Kier alpha value is -1.82. The van der Waals surface area contributed by atoms with Crippen LogP contribution in [0.25, 0.3) is 0 Å². The average Bonchev–Trinajstić information content (AvgIpc) is 2.04. The summed E-state index contributed by atoms with van der Waals surface area (Å²) in [6.45, 7) is 0. The van der Waals surface area contributed by atoms with Crippen LogP contribution in [0, 0.1) is 15.5 Å². The summed E-state index contributed by atoms with van der Waals surface area (Å²) in [6, 6.07) is 3.52. The Morgan fingerprint density at radius 3 is 2.57 bits per heavy atom. The van der Waals surface area contributed by atoms with Gasteiger partial charge in [0.05, 0.1) is 4.92 Å². The zero-order chi connectivity index (χ0) is 10.0. The van der Waals surface area contributed by atoms with Crippen LogP contribution >= 0.6 is 12.4 Å². The van der Waals surface area contributed by atoms with Crippen LogP contribution in [0.2, 0.25) is 0 Å². The van der Waals surface area contributed by atoms with Gasteiger partial charge in [0.15, 0.2) is 5.75 Å². The maximum absolute atomic E-state index is 10.3. The van der Waals surface area contributed by atoms with E-state index in [2.05, 4.69) is 0 Å². The van der Waals surface area contributed by atoms with Gasteiger partial charge in [-0.15, -0.1) is 12.4 Å². The molecule has 0 spiro atoms. The molecule has 0 bridgehead atoms. The monoisotopic (exact) mass is 217 g/mol. The van der Waals surface area contributed by atoms with Gasteiger partial charge in [-0.3, -0.25) is 15.5 Å². The van der Waals surface area contributed by atoms with Crippen molar-refractivity contribution in [3.63, 3.8) is 0 Å². The van der Waals surface area contributed by atoms with Gasteiger partial charge in [0.25, 0.3) is 0 Å². The molecule has 0 fully saturated rings. The van der Waals surface area contributed by atoms with Gasteiger partial charge in [-0.25, -0.2) is 0 Å². The number of nitro groups is 1. The Balaban J connectivity index is 0.00000169. The molecule has 1 aromatic carbocycles. The van der Waals surface area contributed by atoms with Gasteiger partial charge in [0.1, 0.15) is 5.84 Å². The van der Waals surface area contributed by atoms with E-state index in [1.807, 2.05) is 0 Å². The summed E-state index contributed by atoms with van der Waals surface area (Å²) in [5, 5.41) is 26.4. The number of nitro benzene ring substituents is 1. The highest BCUT2D eigenvalue weighted by Gasteiger charge is 2.13. The molecule has 0 radical (unpaired) electrons. The SMILES string of the molecule is Cl.N=C(N)c1ccc(O)c([N+](=O)[O-])c1. The third kappa shape index (κ3) is 2.33. The van der Waals surface area contributed by atoms with Crippen molar-refractivity contribution in [3.05, 3.63) is 33.9 Å². The highest BCUT2D eigenvalue weighted by Crippen LogP contribution is 2.25. The molecule has 1 rings (SSSR count). The van der Waals surface area contributed by atoms with Crippen LogP contribution in [0.15, 0.2) is 18.2 Å². The first-order valence-corrected chi connectivity index (χ1v) is 3.34. The lowest BCUT2D eigenvalue weighted by Crippen LogP contribution is -2.11. The van der Waals surface area contributed by atoms with Crippen LogP contribution in [-0.4, -0.2) is 15.9 Å². The molecule has 76 valence electrons. The minimum absolute atomic E-state index is 0. The highest BCUT2D eigenvalue weighted by atomic mass is 35.5. The summed E-state index contributed by atoms with van der Waals surface area (Å²) in [7, 11) is 0. The molecule has 0 unspecified atom stereocenters. The summed E-state index contributed by atoms with van der Waals surface area (Å²) in [5.41, 5.74) is 4.87. The lowest BCUT2D eigenvalue weighted by atomic mass is 10.2. The number of phenolic OH excluding ortho intramolecular Hbond substituents is 1. The van der Waals surface area contributed by atoms with Gasteiger partial charge in [-0.2, -0.15) is 0 Å². The standard InChI is InChI=1S/C7H7N3O3.ClH/c8-7(9)4-1-2-6(11)5(3-4)10(12)13;/h1-3,11H,(H3,8,9);1H. The molecule has 6 nitrogen and oxygen atoms in total. The van der Waals surface area contributed by atoms with Crippen LogP contribution in [0.4, 0.5) is 5.69 Å². The maximum atomic E-state index is 10.3. The van der Waals surface area contributed by atoms with Gasteiger partial charge in [-0.1, -0.05) is 0 Å². The van der Waals surface area contributed by atoms with Crippen LogP contribution in [0.1, 0.15) is 5.56 Å². The van der Waals surface area contributed by atoms with Crippen molar-refractivity contribution in [3.8, 4) is 5.75 Å². The molecule has 0 aliphatic heterocycles. The predicted molar refractivity (Wildman–Crippen MR) is 53.0 cm³/mol. The van der Waals surface area contributed by atoms with E-state index in [1.165, 1.54) is 6.07 Å². The van der Waals surface area contributed by atoms with E-state index in [9.17, 15) is 10.1 Å². The quantitative estimate of drug-likeness (QED) is 0.297. The summed E-state index contributed by atoms with van der Waals surface area (Å²) in [5.74, 6) is -0.710. The number of nitrogen functional groups attached to an aromatic ring is 1. The number of nitrogens with two attached hydrogens (primary N) is 1. The molecule has 0 saturated heterocycles. The largest absolute Gasteiger partial charge is 0.502 e. The molecule has 0 aliphatic rings. The number of rotatable bonds is 2. The van der Waals surface area contributed by atoms with E-state index >= 15 is 0 Å². The normalized spacial score (nSPS) is 8.86. The number of hydrogen-bond donors (Lipinski definition) is 3. The maximum Gasteiger partial charge on any atom is 0.311 e. The fourth-order valence-electron chi connectivity index (χ4n) is 0.837. The Morgan fingerprint density at radius 2 is 2.14 bits per heavy atom. The van der Waals surface area contributed by atoms with Gasteiger partial charge >= 0.3 is 5.69 Å². The minimum Gasteiger partial charge on any atom is -0.502 e. The zero-order valence-corrected chi connectivity index (χ0v) is 7.75. The molecular weight excluding hydrogens is 210 g/mol. The van der Waals surface area contributed by atoms with Crippen molar-refractivity contribution in [2.24, 2.45) is 5.73 Å². The van der Waals surface area contributed by atoms with Crippen molar-refractivity contribution in [2.45, 2.75) is 0 Å². The first-order valence-electron chi connectivity index (χ1n) is 3.34. The van der Waals surface area contributed by atoms with Gasteiger partial charge in [-0.05, 0) is 12.1 Å². The van der Waals surface area contributed by atoms with E-state index in [0.717, 1.165) is 12.1 Å². The number of nitrogens with one attached hydrogen (secondary N) is 1. The number of benzene rings is 1. The van der Waals surface area contributed by atoms with E-state index in [4.69, 9.17) is 16.2 Å². The van der Waals surface area contributed by atoms with E-state index < -0.39 is 16.4 Å². The molecule has 0 aromatic heterocycles. The van der Waals surface area contributed by atoms with Crippen molar-refractivity contribution in [1.82, 2.24) is 0 Å². The smallest absolute Gasteiger partial charge is 0.311 e. The Morgan fingerprint density at radius 1 is 1.57 bits per heavy atom. The van der Waals surface area contributed by atoms with Gasteiger partial charge in [0, 0.05) is 11.6 Å². The van der Waals surface area contributed by atoms with E-state index in [1.54, 1.807) is 0 Å². The van der Waals surface area contributed by atoms with Crippen molar-refractivity contribution in [2.75, 3.05) is 0 Å². The molecule has 0 atom stereocenters. The predicted octanol–water partition coefficient (Wildman–Crippen LogP) is 1.01. The molecule has 7 heteroatoms. The molecule has 0 heterocycles. The fourth-order valence-corrected chi connectivity index (χ4v) is 0.837. The van der Waals surface area contributed by atoms with Gasteiger partial charge in [0.2, 0.25) is 0 Å². The summed E-state index contributed by atoms with van der Waals surface area (Å²) in [4.78, 5) is 9.60. The van der Waals surface area contributed by atoms with Crippen LogP contribution in [0.5, 0.6) is 5.75 Å². The number of phenols is 1. The molecule has 1 aromatic rings. The van der Waals surface area contributed by atoms with Crippen molar-refractivity contribution in [1.29, 1.82) is 5.41 Å². The lowest BCUT2D eigenvalue weighted by Gasteiger charge is -1.99. The third-order valence-electron chi connectivity index (χ3n) is 1.48. The van der Waals surface area contributed by atoms with Crippen molar-refractivity contribution < 1.29 is 10.0 Å². The van der Waals surface area contributed by atoms with Crippen LogP contribution in [-0.2, 0) is 0 Å². The van der Waals surface area contributed by atoms with E-state index in [0.29, 0.717) is 0 Å². The zero-order valence-electron chi connectivity index (χ0n) is 6.93. The molecule has 14 heavy (non-hydrogen) atoms. The molecule has 4 N–H and O–H groups in total. The van der Waals surface area contributed by atoms with Gasteiger partial charge < -0.3 is 10.8 Å². The highest BCUT2D eigenvalue weighted by molar-refractivity contribution is 5.95. The Bertz CT molecular complexity index is 380. The van der Waals surface area contributed by atoms with Crippen molar-refractivity contribution >= 4 is 23.9 Å². The Labute approximate surface area is 85.4 Å². The second kappa shape index (κ2) is 4.43. The molecule has 0 amide bonds. The lowest BCUT2D eigenvalue weighted by molar-refractivity contribution is -0.385. The number of hydrogen-bond acceptors (Lipinski definition) is 4. The fraction of sp³-hybridized carbons (Fsp3) is 0. The number of aromatic hydroxyl groups is 1. The Kier molecular flexibility index (Phi) is 3.85. The average molecular weight is 218 g/mol. The number of halogens is 1. The van der Waals surface area contributed by atoms with Crippen LogP contribution in [0.3, 0.4) is 0 Å². The second-order valence-electron chi connectivity index (χ2n) is 2.37. The summed E-state index contributed by atoms with van der Waals surface area (Å²) >= 11 is 0. The summed E-state index contributed by atoms with van der Waals surface area (Å²) < 4.78 is 0. The first kappa shape index (κ1) is 12.2. The third-order valence-corrected chi connectivity index (χ3v) is 1.48. The van der Waals surface area contributed by atoms with Crippen LogP contribution < -0.4 is 5.73 Å².